The van der Waals surface area contributed by atoms with Gasteiger partial charge in [-0.25, -0.2) is 0 Å². The van der Waals surface area contributed by atoms with E-state index in [1.54, 1.807) is 0 Å². The highest BCUT2D eigenvalue weighted by Crippen LogP contribution is 2.46. The van der Waals surface area contributed by atoms with E-state index in [-0.39, 0.29) is 0 Å². The molecule has 1 aliphatic rings. The van der Waals surface area contributed by atoms with Gasteiger partial charge in [-0.2, -0.15) is 5.26 Å². The first-order valence-corrected chi connectivity index (χ1v) is 12.3. The number of benzene rings is 2. The Morgan fingerprint density at radius 2 is 1.56 bits per heavy atom. The van der Waals surface area contributed by atoms with Crippen molar-refractivity contribution in [2.24, 2.45) is 0 Å². The number of aromatic nitrogens is 1. The monoisotopic (exact) mass is 422 g/mol. The lowest BCUT2D eigenvalue weighted by Crippen LogP contribution is -2.26. The highest BCUT2D eigenvalue weighted by Gasteiger charge is 2.43. The number of hydrogen-bond donors (Lipinski definition) is 0. The highest BCUT2D eigenvalue weighted by atomic mass is 14.8. The molecule has 3 aromatic rings. The maximum Gasteiger partial charge on any atom is 0.104 e. The van der Waals surface area contributed by atoms with Gasteiger partial charge in [0, 0.05) is 5.69 Å². The second-order valence-corrected chi connectivity index (χ2v) is 9.17. The van der Waals surface area contributed by atoms with Gasteiger partial charge in [0.1, 0.15) is 5.41 Å². The zero-order valence-electron chi connectivity index (χ0n) is 19.5. The van der Waals surface area contributed by atoms with Crippen molar-refractivity contribution in [3.63, 3.8) is 0 Å². The van der Waals surface area contributed by atoms with E-state index in [2.05, 4.69) is 74.5 Å². The van der Waals surface area contributed by atoms with Gasteiger partial charge in [-0.05, 0) is 72.8 Å². The molecule has 0 saturated carbocycles. The number of hydrogen-bond acceptors (Lipinski definition) is 2. The Balaban J connectivity index is 1.92. The zero-order valence-corrected chi connectivity index (χ0v) is 19.5. The minimum atomic E-state index is -0.537. The van der Waals surface area contributed by atoms with Crippen molar-refractivity contribution in [3.8, 4) is 17.2 Å². The normalized spacial score (nSPS) is 17.2. The number of pyridine rings is 1. The van der Waals surface area contributed by atoms with Crippen molar-refractivity contribution in [3.05, 3.63) is 88.7 Å². The number of nitriles is 1. The van der Waals surface area contributed by atoms with E-state index in [0.717, 1.165) is 50.6 Å². The minimum Gasteiger partial charge on any atom is -0.256 e. The molecule has 1 aliphatic carbocycles. The lowest BCUT2D eigenvalue weighted by molar-refractivity contribution is 0.526. The van der Waals surface area contributed by atoms with Crippen LogP contribution in [0.15, 0.2) is 60.7 Å². The molecule has 0 spiro atoms. The number of rotatable bonds is 9. The molecule has 1 atom stereocenters. The maximum absolute atomic E-state index is 10.5. The van der Waals surface area contributed by atoms with Gasteiger partial charge in [-0.3, -0.25) is 4.98 Å². The molecule has 1 heterocycles. The SMILES string of the molecule is CCCCc1nc2c(c(-c3ccccc3)c1CCCC)CC[C@@]2(C#N)Cc1ccccc1. The second kappa shape index (κ2) is 10.1. The van der Waals surface area contributed by atoms with Crippen LogP contribution in [0.5, 0.6) is 0 Å². The van der Waals surface area contributed by atoms with Crippen molar-refractivity contribution in [1.82, 2.24) is 4.98 Å². The summed E-state index contributed by atoms with van der Waals surface area (Å²) in [6.45, 7) is 4.50. The summed E-state index contributed by atoms with van der Waals surface area (Å²) in [5, 5.41) is 10.5. The molecule has 0 saturated heterocycles. The molecular weight excluding hydrogens is 388 g/mol. The second-order valence-electron chi connectivity index (χ2n) is 9.17. The van der Waals surface area contributed by atoms with Crippen LogP contribution in [0, 0.1) is 11.3 Å². The van der Waals surface area contributed by atoms with E-state index < -0.39 is 5.41 Å². The molecule has 0 unspecified atom stereocenters. The third-order valence-electron chi connectivity index (χ3n) is 6.91. The van der Waals surface area contributed by atoms with Gasteiger partial charge >= 0.3 is 0 Å². The van der Waals surface area contributed by atoms with E-state index in [4.69, 9.17) is 4.98 Å². The summed E-state index contributed by atoms with van der Waals surface area (Å²) in [7, 11) is 0. The first kappa shape index (κ1) is 22.3. The van der Waals surface area contributed by atoms with Gasteiger partial charge in [0.2, 0.25) is 0 Å². The summed E-state index contributed by atoms with van der Waals surface area (Å²) in [5.41, 5.74) is 8.36. The molecule has 0 N–H and O–H groups in total. The van der Waals surface area contributed by atoms with E-state index in [1.807, 2.05) is 6.07 Å². The van der Waals surface area contributed by atoms with Crippen LogP contribution in [-0.4, -0.2) is 4.98 Å². The lowest BCUT2D eigenvalue weighted by atomic mass is 9.79. The van der Waals surface area contributed by atoms with Crippen LogP contribution in [0.4, 0.5) is 0 Å². The predicted octanol–water partition coefficient (Wildman–Crippen LogP) is 7.38. The Morgan fingerprint density at radius 3 is 2.22 bits per heavy atom. The fourth-order valence-electron chi connectivity index (χ4n) is 5.20. The third kappa shape index (κ3) is 4.35. The highest BCUT2D eigenvalue weighted by molar-refractivity contribution is 5.74. The lowest BCUT2D eigenvalue weighted by Gasteiger charge is -2.25. The van der Waals surface area contributed by atoms with E-state index in [0.29, 0.717) is 0 Å². The molecule has 0 bridgehead atoms. The minimum absolute atomic E-state index is 0.537. The van der Waals surface area contributed by atoms with Gasteiger partial charge in [0.25, 0.3) is 0 Å². The summed E-state index contributed by atoms with van der Waals surface area (Å²) in [6.07, 6.45) is 9.22. The van der Waals surface area contributed by atoms with Crippen molar-refractivity contribution >= 4 is 0 Å². The van der Waals surface area contributed by atoms with Gasteiger partial charge in [0.05, 0.1) is 11.8 Å². The smallest absolute Gasteiger partial charge is 0.104 e. The zero-order chi connectivity index (χ0) is 22.4. The first-order chi connectivity index (χ1) is 15.7. The van der Waals surface area contributed by atoms with Crippen LogP contribution in [0.3, 0.4) is 0 Å². The fraction of sp³-hybridized carbons (Fsp3) is 0.400. The van der Waals surface area contributed by atoms with Crippen molar-refractivity contribution in [2.75, 3.05) is 0 Å². The van der Waals surface area contributed by atoms with Crippen LogP contribution in [0.1, 0.15) is 74.0 Å². The van der Waals surface area contributed by atoms with Crippen LogP contribution >= 0.6 is 0 Å². The Hall–Kier alpha value is -2.92. The van der Waals surface area contributed by atoms with Crippen molar-refractivity contribution in [1.29, 1.82) is 5.26 Å². The van der Waals surface area contributed by atoms with Gasteiger partial charge in [0.15, 0.2) is 0 Å². The molecular formula is C30H34N2. The number of aryl methyl sites for hydroxylation is 1. The Labute approximate surface area is 193 Å². The molecule has 0 radical (unpaired) electrons. The number of nitrogens with zero attached hydrogens (tertiary/aromatic N) is 2. The molecule has 4 rings (SSSR count). The van der Waals surface area contributed by atoms with E-state index >= 15 is 0 Å². The van der Waals surface area contributed by atoms with E-state index in [1.165, 1.54) is 46.4 Å². The maximum atomic E-state index is 10.5. The summed E-state index contributed by atoms with van der Waals surface area (Å²) in [4.78, 5) is 5.33. The summed E-state index contributed by atoms with van der Waals surface area (Å²) < 4.78 is 0. The van der Waals surface area contributed by atoms with Crippen LogP contribution in [0.25, 0.3) is 11.1 Å². The topological polar surface area (TPSA) is 36.7 Å². The predicted molar refractivity (Wildman–Crippen MR) is 133 cm³/mol. The number of fused-ring (bicyclic) bond motifs is 1. The van der Waals surface area contributed by atoms with Crippen LogP contribution in [-0.2, 0) is 31.1 Å². The summed E-state index contributed by atoms with van der Waals surface area (Å²) >= 11 is 0. The third-order valence-corrected chi connectivity index (χ3v) is 6.91. The Morgan fingerprint density at radius 1 is 0.906 bits per heavy atom. The Kier molecular flexibility index (Phi) is 7.05. The molecule has 164 valence electrons. The quantitative estimate of drug-likeness (QED) is 0.360. The van der Waals surface area contributed by atoms with Crippen molar-refractivity contribution in [2.45, 2.75) is 77.0 Å². The molecule has 2 nitrogen and oxygen atoms in total. The van der Waals surface area contributed by atoms with Crippen molar-refractivity contribution < 1.29 is 0 Å². The summed E-state index contributed by atoms with van der Waals surface area (Å²) in [6, 6.07) is 24.0. The van der Waals surface area contributed by atoms with Crippen LogP contribution < -0.4 is 0 Å². The molecule has 0 amide bonds. The molecule has 0 aliphatic heterocycles. The molecule has 2 heteroatoms. The van der Waals surface area contributed by atoms with Gasteiger partial charge < -0.3 is 0 Å². The molecule has 32 heavy (non-hydrogen) atoms. The Bertz CT molecular complexity index is 1080. The average molecular weight is 423 g/mol. The summed E-state index contributed by atoms with van der Waals surface area (Å²) in [5.74, 6) is 0. The number of unbranched alkanes of at least 4 members (excludes halogenated alkanes) is 2. The largest absolute Gasteiger partial charge is 0.256 e. The fourth-order valence-corrected chi connectivity index (χ4v) is 5.20. The van der Waals surface area contributed by atoms with E-state index in [9.17, 15) is 5.26 Å². The van der Waals surface area contributed by atoms with Gasteiger partial charge in [-0.15, -0.1) is 0 Å². The average Bonchev–Trinajstić information content (AvgIpc) is 3.20. The first-order valence-electron chi connectivity index (χ1n) is 12.3. The van der Waals surface area contributed by atoms with Crippen LogP contribution in [0.2, 0.25) is 0 Å². The molecule has 0 fully saturated rings. The van der Waals surface area contributed by atoms with Gasteiger partial charge in [-0.1, -0.05) is 87.4 Å². The molecule has 2 aromatic carbocycles. The molecule has 1 aromatic heterocycles. The standard InChI is InChI=1S/C30H34N2/c1-3-5-17-25-27(18-6-4-2)32-29-26(28(25)24-15-11-8-12-16-24)19-20-30(29,22-31)21-23-13-9-7-10-14-23/h7-16H,3-6,17-21H2,1-2H3/t30-/m0/s1.